The number of carbonyl (C=O) groups excluding carboxylic acids is 2. The summed E-state index contributed by atoms with van der Waals surface area (Å²) in [5.41, 5.74) is -3.13. The van der Waals surface area contributed by atoms with Gasteiger partial charge in [0.1, 0.15) is 17.3 Å². The highest BCUT2D eigenvalue weighted by atomic mass is 16.6. The number of carbonyl (C=O) groups is 2. The highest BCUT2D eigenvalue weighted by molar-refractivity contribution is 5.87. The molecule has 1 rings (SSSR count). The number of rotatable bonds is 6. The summed E-state index contributed by atoms with van der Waals surface area (Å²) < 4.78 is 10.5. The van der Waals surface area contributed by atoms with Crippen LogP contribution in [-0.2, 0) is 14.3 Å². The van der Waals surface area contributed by atoms with E-state index in [2.05, 4.69) is 16.6 Å². The minimum Gasteiger partial charge on any atom is -0.467 e. The molecule has 10 heteroatoms. The van der Waals surface area contributed by atoms with Gasteiger partial charge >= 0.3 is 23.3 Å². The van der Waals surface area contributed by atoms with Crippen LogP contribution in [0.3, 0.4) is 0 Å². The van der Waals surface area contributed by atoms with Crippen LogP contribution in [0.1, 0.15) is 33.2 Å². The van der Waals surface area contributed by atoms with E-state index in [1.807, 2.05) is 0 Å². The summed E-state index contributed by atoms with van der Waals surface area (Å²) in [7, 11) is 1.14. The van der Waals surface area contributed by atoms with E-state index in [1.54, 1.807) is 20.8 Å². The van der Waals surface area contributed by atoms with Crippen LogP contribution in [-0.4, -0.2) is 34.3 Å². The first-order valence-electron chi connectivity index (χ1n) is 7.60. The zero-order chi connectivity index (χ0) is 20.1. The number of aromatic nitrogens is 1. The second-order valence-electron chi connectivity index (χ2n) is 6.24. The second-order valence-corrected chi connectivity index (χ2v) is 6.24. The second kappa shape index (κ2) is 8.28. The molecule has 1 atom stereocenters. The SMILES string of the molecule is C=CCC(C(=O)OC)n1ccc(NC(=O)OC(C)(C)C)c([N+](=O)[O-])c1=O. The van der Waals surface area contributed by atoms with Crippen molar-refractivity contribution in [3.05, 3.63) is 45.4 Å². The fraction of sp³-hybridized carbons (Fsp3) is 0.438. The van der Waals surface area contributed by atoms with Crippen LogP contribution < -0.4 is 10.9 Å². The molecule has 0 aliphatic rings. The molecule has 142 valence electrons. The van der Waals surface area contributed by atoms with E-state index in [1.165, 1.54) is 6.08 Å². The summed E-state index contributed by atoms with van der Waals surface area (Å²) >= 11 is 0. The lowest BCUT2D eigenvalue weighted by atomic mass is 10.2. The molecule has 1 aromatic rings. The lowest BCUT2D eigenvalue weighted by Crippen LogP contribution is -2.33. The number of nitrogens with zero attached hydrogens (tertiary/aromatic N) is 2. The predicted octanol–water partition coefficient (Wildman–Crippen LogP) is 2.39. The number of allylic oxidation sites excluding steroid dienone is 1. The Balaban J connectivity index is 3.37. The first-order chi connectivity index (χ1) is 12.0. The quantitative estimate of drug-likeness (QED) is 0.353. The number of hydrogen-bond donors (Lipinski definition) is 1. The number of nitrogens with one attached hydrogen (secondary N) is 1. The van der Waals surface area contributed by atoms with Crippen molar-refractivity contribution in [3.63, 3.8) is 0 Å². The Labute approximate surface area is 149 Å². The van der Waals surface area contributed by atoms with Gasteiger partial charge in [-0.05, 0) is 33.3 Å². The van der Waals surface area contributed by atoms with E-state index in [-0.39, 0.29) is 12.1 Å². The average molecular weight is 367 g/mol. The molecule has 0 aliphatic carbocycles. The fourth-order valence-electron chi connectivity index (χ4n) is 2.09. The number of pyridine rings is 1. The summed E-state index contributed by atoms with van der Waals surface area (Å²) in [6, 6.07) is 0.0296. The topological polar surface area (TPSA) is 130 Å². The summed E-state index contributed by atoms with van der Waals surface area (Å²) in [6.07, 6.45) is 1.62. The monoisotopic (exact) mass is 367 g/mol. The first kappa shape index (κ1) is 20.9. The Hall–Kier alpha value is -3.17. The lowest BCUT2D eigenvalue weighted by Gasteiger charge is -2.20. The van der Waals surface area contributed by atoms with Gasteiger partial charge in [0, 0.05) is 6.20 Å². The fourth-order valence-corrected chi connectivity index (χ4v) is 2.09. The summed E-state index contributed by atoms with van der Waals surface area (Å²) in [5, 5.41) is 13.5. The van der Waals surface area contributed by atoms with Gasteiger partial charge in [-0.3, -0.25) is 24.8 Å². The maximum atomic E-state index is 12.5. The van der Waals surface area contributed by atoms with Crippen LogP contribution >= 0.6 is 0 Å². The minimum absolute atomic E-state index is 0.0303. The molecule has 1 amide bonds. The van der Waals surface area contributed by atoms with Gasteiger partial charge in [-0.2, -0.15) is 0 Å². The number of esters is 1. The Morgan fingerprint density at radius 2 is 2.08 bits per heavy atom. The lowest BCUT2D eigenvalue weighted by molar-refractivity contribution is -0.385. The largest absolute Gasteiger partial charge is 0.467 e. The third-order valence-electron chi connectivity index (χ3n) is 3.11. The number of ether oxygens (including phenoxy) is 2. The van der Waals surface area contributed by atoms with Crippen LogP contribution in [0.4, 0.5) is 16.2 Å². The first-order valence-corrected chi connectivity index (χ1v) is 7.60. The molecule has 26 heavy (non-hydrogen) atoms. The normalized spacial score (nSPS) is 12.0. The Kier molecular flexibility index (Phi) is 6.64. The van der Waals surface area contributed by atoms with Crippen molar-refractivity contribution in [2.24, 2.45) is 0 Å². The minimum atomic E-state index is -1.11. The smallest absolute Gasteiger partial charge is 0.412 e. The van der Waals surface area contributed by atoms with Gasteiger partial charge in [0.15, 0.2) is 0 Å². The average Bonchev–Trinajstić information content (AvgIpc) is 2.50. The van der Waals surface area contributed by atoms with Crippen LogP contribution in [0.25, 0.3) is 0 Å². The molecule has 1 unspecified atom stereocenters. The zero-order valence-electron chi connectivity index (χ0n) is 15.0. The molecule has 0 bridgehead atoms. The van der Waals surface area contributed by atoms with Crippen molar-refractivity contribution in [1.29, 1.82) is 0 Å². The molecule has 0 aromatic carbocycles. The van der Waals surface area contributed by atoms with Crippen molar-refractivity contribution >= 4 is 23.4 Å². The molecule has 0 spiro atoms. The Morgan fingerprint density at radius 1 is 1.46 bits per heavy atom. The molecule has 0 saturated heterocycles. The van der Waals surface area contributed by atoms with Crippen LogP contribution in [0.15, 0.2) is 29.7 Å². The molecular weight excluding hydrogens is 346 g/mol. The highest BCUT2D eigenvalue weighted by Crippen LogP contribution is 2.23. The molecule has 0 fully saturated rings. The van der Waals surface area contributed by atoms with Crippen LogP contribution in [0, 0.1) is 10.1 Å². The number of anilines is 1. The number of hydrogen-bond acceptors (Lipinski definition) is 7. The van der Waals surface area contributed by atoms with Crippen LogP contribution in [0.5, 0.6) is 0 Å². The van der Waals surface area contributed by atoms with Gasteiger partial charge in [0.2, 0.25) is 0 Å². The predicted molar refractivity (Wildman–Crippen MR) is 93.1 cm³/mol. The van der Waals surface area contributed by atoms with Crippen LogP contribution in [0.2, 0.25) is 0 Å². The van der Waals surface area contributed by atoms with E-state index < -0.39 is 39.9 Å². The van der Waals surface area contributed by atoms with Gasteiger partial charge in [-0.15, -0.1) is 6.58 Å². The molecule has 1 heterocycles. The van der Waals surface area contributed by atoms with Crippen molar-refractivity contribution in [1.82, 2.24) is 4.57 Å². The van der Waals surface area contributed by atoms with Gasteiger partial charge in [-0.25, -0.2) is 9.59 Å². The standard InChI is InChI=1S/C16H21N3O7/c1-6-7-11(14(21)25-5)18-9-8-10(12(13(18)20)19(23)24)17-15(22)26-16(2,3)4/h6,8-9,11H,1,7H2,2-5H3,(H,17,22). The van der Waals surface area contributed by atoms with Crippen molar-refractivity contribution in [2.75, 3.05) is 12.4 Å². The molecule has 0 saturated carbocycles. The number of amides is 1. The maximum Gasteiger partial charge on any atom is 0.412 e. The maximum absolute atomic E-state index is 12.5. The van der Waals surface area contributed by atoms with Crippen molar-refractivity contribution in [2.45, 2.75) is 38.8 Å². The molecule has 10 nitrogen and oxygen atoms in total. The third kappa shape index (κ3) is 5.16. The third-order valence-corrected chi connectivity index (χ3v) is 3.11. The molecule has 0 radical (unpaired) electrons. The molecular formula is C16H21N3O7. The number of nitro groups is 1. The summed E-state index contributed by atoms with van der Waals surface area (Å²) in [6.45, 7) is 8.35. The highest BCUT2D eigenvalue weighted by Gasteiger charge is 2.29. The Morgan fingerprint density at radius 3 is 2.54 bits per heavy atom. The van der Waals surface area contributed by atoms with E-state index in [0.29, 0.717) is 0 Å². The Bertz CT molecular complexity index is 777. The van der Waals surface area contributed by atoms with Crippen molar-refractivity contribution in [3.8, 4) is 0 Å². The molecule has 1 aromatic heterocycles. The van der Waals surface area contributed by atoms with E-state index >= 15 is 0 Å². The molecule has 0 aliphatic heterocycles. The zero-order valence-corrected chi connectivity index (χ0v) is 15.0. The van der Waals surface area contributed by atoms with E-state index in [0.717, 1.165) is 23.9 Å². The number of methoxy groups -OCH3 is 1. The van der Waals surface area contributed by atoms with Crippen molar-refractivity contribution < 1.29 is 24.0 Å². The molecule has 1 N–H and O–H groups in total. The van der Waals surface area contributed by atoms with E-state index in [9.17, 15) is 24.5 Å². The van der Waals surface area contributed by atoms with Gasteiger partial charge < -0.3 is 9.47 Å². The van der Waals surface area contributed by atoms with Gasteiger partial charge in [0.05, 0.1) is 12.0 Å². The van der Waals surface area contributed by atoms with Gasteiger partial charge in [0.25, 0.3) is 0 Å². The van der Waals surface area contributed by atoms with E-state index in [4.69, 9.17) is 4.74 Å². The summed E-state index contributed by atoms with van der Waals surface area (Å²) in [4.78, 5) is 46.6. The summed E-state index contributed by atoms with van der Waals surface area (Å²) in [5.74, 6) is -0.755. The van der Waals surface area contributed by atoms with Gasteiger partial charge in [-0.1, -0.05) is 6.08 Å².